The fourth-order valence-electron chi connectivity index (χ4n) is 2.99. The molecule has 1 aliphatic rings. The van der Waals surface area contributed by atoms with Crippen molar-refractivity contribution in [3.05, 3.63) is 102 Å². The molecule has 1 atom stereocenters. The minimum absolute atomic E-state index is 0.0595. The second-order valence-corrected chi connectivity index (χ2v) is 6.75. The van der Waals surface area contributed by atoms with Crippen molar-refractivity contribution in [3.8, 4) is 0 Å². The van der Waals surface area contributed by atoms with Crippen molar-refractivity contribution >= 4 is 29.2 Å². The topological polar surface area (TPSA) is 80.7 Å². The Morgan fingerprint density at radius 1 is 1.00 bits per heavy atom. The first-order chi connectivity index (χ1) is 14.7. The molecule has 1 unspecified atom stereocenters. The number of hydrogen-bond acceptors (Lipinski definition) is 5. The van der Waals surface area contributed by atoms with Crippen LogP contribution in [0.3, 0.4) is 0 Å². The van der Waals surface area contributed by atoms with Crippen molar-refractivity contribution in [2.75, 3.05) is 5.32 Å². The van der Waals surface area contributed by atoms with Crippen LogP contribution < -0.4 is 5.32 Å². The Hall–Kier alpha value is -4.06. The van der Waals surface area contributed by atoms with Gasteiger partial charge in [-0.15, -0.1) is 0 Å². The molecule has 0 fully saturated rings. The van der Waals surface area contributed by atoms with Crippen LogP contribution in [0.4, 0.5) is 5.69 Å². The summed E-state index contributed by atoms with van der Waals surface area (Å²) in [5.74, 6) is -0.323. The van der Waals surface area contributed by atoms with Gasteiger partial charge in [0, 0.05) is 35.6 Å². The first-order valence-electron chi connectivity index (χ1n) is 9.50. The maximum atomic E-state index is 12.5. The monoisotopic (exact) mass is 397 g/mol. The molecule has 30 heavy (non-hydrogen) atoms. The fraction of sp³-hybridized carbons (Fsp3) is 0.0833. The van der Waals surface area contributed by atoms with E-state index in [1.54, 1.807) is 42.7 Å². The van der Waals surface area contributed by atoms with Crippen LogP contribution in [-0.4, -0.2) is 28.5 Å². The number of nitrogens with one attached hydrogen (secondary N) is 1. The zero-order valence-corrected chi connectivity index (χ0v) is 16.1. The predicted molar refractivity (Wildman–Crippen MR) is 115 cm³/mol. The Balaban J connectivity index is 1.32. The Morgan fingerprint density at radius 3 is 2.53 bits per heavy atom. The number of rotatable bonds is 6. The highest BCUT2D eigenvalue weighted by atomic mass is 16.6. The van der Waals surface area contributed by atoms with Gasteiger partial charge in [0.1, 0.15) is 0 Å². The van der Waals surface area contributed by atoms with Crippen LogP contribution in [0.5, 0.6) is 0 Å². The highest BCUT2D eigenvalue weighted by Crippen LogP contribution is 2.18. The molecule has 1 aromatic heterocycles. The van der Waals surface area contributed by atoms with Crippen LogP contribution in [0.25, 0.3) is 6.08 Å². The van der Waals surface area contributed by atoms with Gasteiger partial charge in [-0.3, -0.25) is 14.6 Å². The molecule has 0 bridgehead atoms. The van der Waals surface area contributed by atoms with Gasteiger partial charge in [-0.05, 0) is 35.9 Å². The average Bonchev–Trinajstić information content (AvgIpc) is 3.30. The molecule has 0 aliphatic carbocycles. The molecule has 2 aromatic carbocycles. The Morgan fingerprint density at radius 2 is 1.80 bits per heavy atom. The molecule has 1 N–H and O–H groups in total. The molecule has 1 aliphatic heterocycles. The number of carbonyl (C=O) groups is 2. The molecule has 3 aromatic rings. The smallest absolute Gasteiger partial charge is 0.268 e. The lowest BCUT2D eigenvalue weighted by molar-refractivity contribution is -0.125. The first-order valence-corrected chi connectivity index (χ1v) is 9.50. The van der Waals surface area contributed by atoms with Crippen molar-refractivity contribution in [2.45, 2.75) is 12.5 Å². The molecule has 6 nitrogen and oxygen atoms in total. The van der Waals surface area contributed by atoms with Gasteiger partial charge in [0.15, 0.2) is 5.78 Å². The number of ketones is 1. The van der Waals surface area contributed by atoms with Crippen LogP contribution in [0.2, 0.25) is 0 Å². The van der Waals surface area contributed by atoms with E-state index in [-0.39, 0.29) is 11.7 Å². The SMILES string of the molecule is O=C(/C=C/c1ccc(NC(=O)C2CC(c3cccnc3)=NO2)cc1)c1ccccc1. The molecule has 1 amide bonds. The Bertz CT molecular complexity index is 1090. The number of carbonyl (C=O) groups excluding carboxylic acids is 2. The molecule has 0 spiro atoms. The zero-order chi connectivity index (χ0) is 20.8. The van der Waals surface area contributed by atoms with Crippen LogP contribution in [0.15, 0.2) is 90.4 Å². The average molecular weight is 397 g/mol. The van der Waals surface area contributed by atoms with Gasteiger partial charge in [0.25, 0.3) is 5.91 Å². The summed E-state index contributed by atoms with van der Waals surface area (Å²) in [6.45, 7) is 0. The van der Waals surface area contributed by atoms with Crippen molar-refractivity contribution in [3.63, 3.8) is 0 Å². The third-order valence-corrected chi connectivity index (χ3v) is 4.62. The predicted octanol–water partition coefficient (Wildman–Crippen LogP) is 4.11. The van der Waals surface area contributed by atoms with E-state index in [4.69, 9.17) is 4.84 Å². The van der Waals surface area contributed by atoms with Crippen LogP contribution in [-0.2, 0) is 9.63 Å². The van der Waals surface area contributed by atoms with E-state index in [1.807, 2.05) is 42.5 Å². The summed E-state index contributed by atoms with van der Waals surface area (Å²) in [5, 5.41) is 6.83. The lowest BCUT2D eigenvalue weighted by atomic mass is 10.1. The Labute approximate surface area is 173 Å². The van der Waals surface area contributed by atoms with Gasteiger partial charge in [0.2, 0.25) is 6.10 Å². The molecule has 4 rings (SSSR count). The molecule has 0 saturated carbocycles. The van der Waals surface area contributed by atoms with Crippen molar-refractivity contribution < 1.29 is 14.4 Å². The maximum Gasteiger partial charge on any atom is 0.268 e. The van der Waals surface area contributed by atoms with Gasteiger partial charge >= 0.3 is 0 Å². The second-order valence-electron chi connectivity index (χ2n) is 6.75. The number of hydrogen-bond donors (Lipinski definition) is 1. The number of amides is 1. The minimum Gasteiger partial charge on any atom is -0.382 e. The number of oxime groups is 1. The largest absolute Gasteiger partial charge is 0.382 e. The summed E-state index contributed by atoms with van der Waals surface area (Å²) in [6.07, 6.45) is 6.36. The molecule has 6 heteroatoms. The standard InChI is InChI=1S/C24H19N3O3/c28-22(18-5-2-1-3-6-18)13-10-17-8-11-20(12-9-17)26-24(29)23-15-21(27-30-23)19-7-4-14-25-16-19/h1-14,16,23H,15H2,(H,26,29)/b13-10+. The van der Waals surface area contributed by atoms with Crippen molar-refractivity contribution in [1.82, 2.24) is 4.98 Å². The van der Waals surface area contributed by atoms with E-state index < -0.39 is 6.10 Å². The minimum atomic E-state index is -0.678. The van der Waals surface area contributed by atoms with Crippen LogP contribution in [0, 0.1) is 0 Å². The van der Waals surface area contributed by atoms with Crippen LogP contribution >= 0.6 is 0 Å². The molecular weight excluding hydrogens is 378 g/mol. The second kappa shape index (κ2) is 8.96. The first kappa shape index (κ1) is 19.3. The molecule has 0 saturated heterocycles. The third-order valence-electron chi connectivity index (χ3n) is 4.62. The van der Waals surface area contributed by atoms with Crippen molar-refractivity contribution in [1.29, 1.82) is 0 Å². The number of anilines is 1. The summed E-state index contributed by atoms with van der Waals surface area (Å²) in [7, 11) is 0. The number of pyridine rings is 1. The van der Waals surface area contributed by atoms with E-state index >= 15 is 0 Å². The lowest BCUT2D eigenvalue weighted by Crippen LogP contribution is -2.28. The number of allylic oxidation sites excluding steroid dienone is 1. The summed E-state index contributed by atoms with van der Waals surface area (Å²) in [6, 6.07) is 20.0. The van der Waals surface area contributed by atoms with E-state index in [0.717, 1.165) is 11.1 Å². The quantitative estimate of drug-likeness (QED) is 0.501. The van der Waals surface area contributed by atoms with Crippen LogP contribution in [0.1, 0.15) is 27.9 Å². The third kappa shape index (κ3) is 4.67. The van der Waals surface area contributed by atoms with Gasteiger partial charge < -0.3 is 10.2 Å². The highest BCUT2D eigenvalue weighted by molar-refractivity contribution is 6.07. The van der Waals surface area contributed by atoms with E-state index in [9.17, 15) is 9.59 Å². The number of aromatic nitrogens is 1. The molecule has 0 radical (unpaired) electrons. The van der Waals surface area contributed by atoms with E-state index in [2.05, 4.69) is 15.5 Å². The Kier molecular flexibility index (Phi) is 5.75. The zero-order valence-electron chi connectivity index (χ0n) is 16.1. The van der Waals surface area contributed by atoms with Gasteiger partial charge in [-0.25, -0.2) is 0 Å². The van der Waals surface area contributed by atoms with E-state index in [0.29, 0.717) is 23.4 Å². The summed E-state index contributed by atoms with van der Waals surface area (Å²) in [4.78, 5) is 33.9. The summed E-state index contributed by atoms with van der Waals surface area (Å²) < 4.78 is 0. The van der Waals surface area contributed by atoms with Gasteiger partial charge in [-0.2, -0.15) is 0 Å². The molecule has 148 valence electrons. The lowest BCUT2D eigenvalue weighted by Gasteiger charge is -2.09. The highest BCUT2D eigenvalue weighted by Gasteiger charge is 2.29. The van der Waals surface area contributed by atoms with E-state index in [1.165, 1.54) is 6.08 Å². The van der Waals surface area contributed by atoms with Crippen molar-refractivity contribution in [2.24, 2.45) is 5.16 Å². The number of benzene rings is 2. The molecule has 2 heterocycles. The molecular formula is C24H19N3O3. The number of nitrogens with zero attached hydrogens (tertiary/aromatic N) is 2. The normalized spacial score (nSPS) is 15.5. The maximum absolute atomic E-state index is 12.5. The van der Waals surface area contributed by atoms with Gasteiger partial charge in [0.05, 0.1) is 5.71 Å². The van der Waals surface area contributed by atoms with Gasteiger partial charge in [-0.1, -0.05) is 53.7 Å². The summed E-state index contributed by atoms with van der Waals surface area (Å²) >= 11 is 0. The fourth-order valence-corrected chi connectivity index (χ4v) is 2.99. The summed E-state index contributed by atoms with van der Waals surface area (Å²) in [5.41, 5.74) is 3.68.